The molecule has 152 valence electrons. The van der Waals surface area contributed by atoms with Crippen molar-refractivity contribution in [1.82, 2.24) is 15.5 Å². The maximum Gasteiger partial charge on any atom is 0.251 e. The van der Waals surface area contributed by atoms with E-state index in [1.807, 2.05) is 57.2 Å². The molecule has 0 aliphatic rings. The molecule has 0 aliphatic heterocycles. The zero-order valence-electron chi connectivity index (χ0n) is 17.6. The van der Waals surface area contributed by atoms with E-state index in [1.54, 1.807) is 25.9 Å². The topological polar surface area (TPSA) is 70.1 Å². The van der Waals surface area contributed by atoms with Crippen molar-refractivity contribution in [2.24, 2.45) is 4.99 Å². The Bertz CT molecular complexity index is 1010. The van der Waals surface area contributed by atoms with Gasteiger partial charge in [-0.2, -0.15) is 5.10 Å². The summed E-state index contributed by atoms with van der Waals surface area (Å²) in [7, 11) is 3.42. The number of nitrogens with zero attached hydrogens (tertiary/aromatic N) is 2. The van der Waals surface area contributed by atoms with Gasteiger partial charge in [0.2, 0.25) is 0 Å². The molecule has 0 saturated carbocycles. The molecule has 5 nitrogen and oxygen atoms in total. The molecular weight excluding hydrogens is 380 g/mol. The molecule has 1 aromatic heterocycles. The molecule has 0 bridgehead atoms. The largest absolute Gasteiger partial charge is 0.355 e. The van der Waals surface area contributed by atoms with E-state index in [0.29, 0.717) is 5.57 Å². The van der Waals surface area contributed by atoms with Crippen molar-refractivity contribution < 1.29 is 4.79 Å². The normalized spacial score (nSPS) is 13.8. The highest BCUT2D eigenvalue weighted by atomic mass is 32.2. The second-order valence-electron chi connectivity index (χ2n) is 6.16. The number of benzene rings is 1. The molecule has 0 unspecified atom stereocenters. The Kier molecular flexibility index (Phi) is 8.68. The number of carbonyl (C=O) groups is 1. The zero-order valence-corrected chi connectivity index (χ0v) is 18.4. The number of thioether (sulfide) groups is 1. The van der Waals surface area contributed by atoms with Crippen LogP contribution in [-0.4, -0.2) is 35.9 Å². The fourth-order valence-electron chi connectivity index (χ4n) is 2.79. The van der Waals surface area contributed by atoms with Gasteiger partial charge in [0, 0.05) is 34.9 Å². The summed E-state index contributed by atoms with van der Waals surface area (Å²) in [6, 6.07) is 6.16. The number of rotatable bonds is 8. The van der Waals surface area contributed by atoms with Crippen LogP contribution in [0.1, 0.15) is 32.9 Å². The average molecular weight is 409 g/mol. The van der Waals surface area contributed by atoms with Crippen LogP contribution in [0.3, 0.4) is 0 Å². The number of hydrogen-bond acceptors (Lipinski definition) is 4. The summed E-state index contributed by atoms with van der Waals surface area (Å²) in [4.78, 5) is 18.4. The van der Waals surface area contributed by atoms with Gasteiger partial charge in [0.05, 0.1) is 16.9 Å². The maximum atomic E-state index is 12.2. The first kappa shape index (κ1) is 22.4. The molecule has 1 heterocycles. The van der Waals surface area contributed by atoms with Crippen molar-refractivity contribution in [2.75, 3.05) is 14.1 Å². The second-order valence-corrected chi connectivity index (χ2v) is 7.27. The Morgan fingerprint density at radius 3 is 2.72 bits per heavy atom. The molecule has 0 radical (unpaired) electrons. The van der Waals surface area contributed by atoms with Crippen LogP contribution in [0.15, 0.2) is 68.9 Å². The molecule has 1 amide bonds. The number of likely N-dealkylation sites (N-methyl/N-ethyl adjacent to an activating group) is 1. The minimum atomic E-state index is -0.0722. The fraction of sp³-hybridized carbons (Fsp3) is 0.261. The molecule has 0 spiro atoms. The van der Waals surface area contributed by atoms with Gasteiger partial charge in [0.25, 0.3) is 5.91 Å². The van der Waals surface area contributed by atoms with E-state index >= 15 is 0 Å². The lowest BCUT2D eigenvalue weighted by atomic mass is 10.2. The van der Waals surface area contributed by atoms with Crippen LogP contribution in [0, 0.1) is 0 Å². The lowest BCUT2D eigenvalue weighted by Gasteiger charge is -2.10. The summed E-state index contributed by atoms with van der Waals surface area (Å²) in [6.07, 6.45) is 12.5. The summed E-state index contributed by atoms with van der Waals surface area (Å²) in [5, 5.41) is 11.3. The minimum Gasteiger partial charge on any atom is -0.355 e. The van der Waals surface area contributed by atoms with E-state index in [4.69, 9.17) is 0 Å². The standard InChI is InChI=1S/C23H28N4OS/c1-6-9-16(24-4)11-14-20-18-13-12-17(15-21(18)27-26-20)29-22(8-3)19(10-7-2)23(28)25-5/h6,8-15H,7H2,1-5H3,(H,25,28)(H,26,27)/b9-6-,14-11-,19-10+,22-8+,24-16?. The number of allylic oxidation sites excluding steroid dienone is 5. The maximum absolute atomic E-state index is 12.2. The van der Waals surface area contributed by atoms with Gasteiger partial charge in [-0.25, -0.2) is 0 Å². The van der Waals surface area contributed by atoms with Gasteiger partial charge in [-0.15, -0.1) is 0 Å². The summed E-state index contributed by atoms with van der Waals surface area (Å²) >= 11 is 1.57. The van der Waals surface area contributed by atoms with Crippen LogP contribution >= 0.6 is 11.8 Å². The number of hydrogen-bond donors (Lipinski definition) is 2. The Labute approximate surface area is 176 Å². The fourth-order valence-corrected chi connectivity index (χ4v) is 3.76. The summed E-state index contributed by atoms with van der Waals surface area (Å²) in [5.74, 6) is -0.0722. The van der Waals surface area contributed by atoms with Crippen molar-refractivity contribution in [1.29, 1.82) is 0 Å². The summed E-state index contributed by atoms with van der Waals surface area (Å²) in [5.41, 5.74) is 3.40. The van der Waals surface area contributed by atoms with Crippen molar-refractivity contribution in [3.63, 3.8) is 0 Å². The Morgan fingerprint density at radius 1 is 1.31 bits per heavy atom. The van der Waals surface area contributed by atoms with Gasteiger partial charge < -0.3 is 5.32 Å². The smallest absolute Gasteiger partial charge is 0.251 e. The number of aliphatic imine (C=N–C) groups is 1. The van der Waals surface area contributed by atoms with Crippen LogP contribution in [0.25, 0.3) is 17.0 Å². The monoisotopic (exact) mass is 408 g/mol. The van der Waals surface area contributed by atoms with Gasteiger partial charge in [-0.1, -0.05) is 36.9 Å². The molecule has 29 heavy (non-hydrogen) atoms. The predicted octanol–water partition coefficient (Wildman–Crippen LogP) is 5.30. The number of fused-ring (bicyclic) bond motifs is 1. The van der Waals surface area contributed by atoms with Crippen LogP contribution in [-0.2, 0) is 4.79 Å². The van der Waals surface area contributed by atoms with E-state index < -0.39 is 0 Å². The SMILES string of the molecule is C/C=C\C(/C=C\c1n[nH]c2cc(SC(=C/C)/C(=C\CC)C(=O)NC)ccc12)=NC. The van der Waals surface area contributed by atoms with Gasteiger partial charge in [-0.3, -0.25) is 14.9 Å². The molecule has 0 atom stereocenters. The van der Waals surface area contributed by atoms with Gasteiger partial charge >= 0.3 is 0 Å². The zero-order chi connectivity index (χ0) is 21.2. The van der Waals surface area contributed by atoms with Crippen LogP contribution < -0.4 is 5.32 Å². The lowest BCUT2D eigenvalue weighted by Crippen LogP contribution is -2.20. The first-order valence-corrected chi connectivity index (χ1v) is 10.4. The third kappa shape index (κ3) is 5.81. The first-order chi connectivity index (χ1) is 14.1. The van der Waals surface area contributed by atoms with Crippen LogP contribution in [0.2, 0.25) is 0 Å². The van der Waals surface area contributed by atoms with Crippen molar-refractivity contribution in [3.8, 4) is 0 Å². The van der Waals surface area contributed by atoms with Crippen LogP contribution in [0.4, 0.5) is 0 Å². The highest BCUT2D eigenvalue weighted by Gasteiger charge is 2.14. The number of aromatic nitrogens is 2. The molecule has 2 rings (SSSR count). The highest BCUT2D eigenvalue weighted by molar-refractivity contribution is 8.03. The molecule has 1 aromatic carbocycles. The number of H-pyrrole nitrogens is 1. The summed E-state index contributed by atoms with van der Waals surface area (Å²) in [6.45, 7) is 5.94. The van der Waals surface area contributed by atoms with Crippen molar-refractivity contribution in [2.45, 2.75) is 32.1 Å². The quantitative estimate of drug-likeness (QED) is 0.269. The molecule has 0 fully saturated rings. The Hall–Kier alpha value is -2.86. The van der Waals surface area contributed by atoms with Gasteiger partial charge in [-0.05, 0) is 56.7 Å². The second kappa shape index (κ2) is 11.2. The van der Waals surface area contributed by atoms with E-state index in [0.717, 1.165) is 38.5 Å². The van der Waals surface area contributed by atoms with Crippen molar-refractivity contribution >= 4 is 40.4 Å². The third-order valence-corrected chi connectivity index (χ3v) is 5.37. The average Bonchev–Trinajstić information content (AvgIpc) is 3.15. The number of amides is 1. The number of carbonyl (C=O) groups excluding carboxylic acids is 1. The Morgan fingerprint density at radius 2 is 2.10 bits per heavy atom. The van der Waals surface area contributed by atoms with Crippen LogP contribution in [0.5, 0.6) is 0 Å². The molecule has 2 N–H and O–H groups in total. The molecule has 2 aromatic rings. The van der Waals surface area contributed by atoms with E-state index in [9.17, 15) is 4.79 Å². The third-order valence-electron chi connectivity index (χ3n) is 4.21. The number of nitrogens with one attached hydrogen (secondary N) is 2. The van der Waals surface area contributed by atoms with E-state index in [-0.39, 0.29) is 5.91 Å². The lowest BCUT2D eigenvalue weighted by molar-refractivity contribution is -0.116. The van der Waals surface area contributed by atoms with E-state index in [2.05, 4.69) is 38.7 Å². The minimum absolute atomic E-state index is 0.0722. The van der Waals surface area contributed by atoms with Crippen molar-refractivity contribution in [3.05, 3.63) is 64.8 Å². The van der Waals surface area contributed by atoms with E-state index in [1.165, 1.54) is 0 Å². The van der Waals surface area contributed by atoms with Gasteiger partial charge in [0.1, 0.15) is 0 Å². The molecule has 0 saturated heterocycles. The Balaban J connectivity index is 2.30. The molecular formula is C23H28N4OS. The highest BCUT2D eigenvalue weighted by Crippen LogP contribution is 2.34. The van der Waals surface area contributed by atoms with Gasteiger partial charge in [0.15, 0.2) is 0 Å². The number of aromatic amines is 1. The molecule has 0 aliphatic carbocycles. The summed E-state index contributed by atoms with van der Waals surface area (Å²) < 4.78 is 0. The molecule has 6 heteroatoms. The first-order valence-electron chi connectivity index (χ1n) is 9.60. The predicted molar refractivity (Wildman–Crippen MR) is 125 cm³/mol.